The van der Waals surface area contributed by atoms with E-state index in [1.807, 2.05) is 14.0 Å². The molecule has 2 atom stereocenters. The quantitative estimate of drug-likeness (QED) is 0.767. The molecule has 6 nitrogen and oxygen atoms in total. The zero-order valence-corrected chi connectivity index (χ0v) is 13.3. The summed E-state index contributed by atoms with van der Waals surface area (Å²) in [6, 6.07) is 0. The van der Waals surface area contributed by atoms with Crippen LogP contribution in [0.2, 0.25) is 0 Å². The molecule has 0 bridgehead atoms. The van der Waals surface area contributed by atoms with Crippen LogP contribution in [0.5, 0.6) is 0 Å². The van der Waals surface area contributed by atoms with Crippen LogP contribution in [0, 0.1) is 5.92 Å². The Morgan fingerprint density at radius 3 is 2.85 bits per heavy atom. The first kappa shape index (κ1) is 16.2. The van der Waals surface area contributed by atoms with Gasteiger partial charge in [0.25, 0.3) is 10.2 Å². The first-order valence-corrected chi connectivity index (χ1v) is 8.91. The van der Waals surface area contributed by atoms with Crippen molar-refractivity contribution in [3.05, 3.63) is 0 Å². The zero-order chi connectivity index (χ0) is 14.6. The number of nitrogens with zero attached hydrogens (tertiary/aromatic N) is 1. The van der Waals surface area contributed by atoms with Crippen molar-refractivity contribution in [1.82, 2.24) is 14.3 Å². The van der Waals surface area contributed by atoms with Crippen LogP contribution in [-0.4, -0.2) is 58.2 Å². The van der Waals surface area contributed by atoms with Gasteiger partial charge in [-0.1, -0.05) is 0 Å². The van der Waals surface area contributed by atoms with Crippen LogP contribution >= 0.6 is 0 Å². The summed E-state index contributed by atoms with van der Waals surface area (Å²) in [4.78, 5) is 0. The van der Waals surface area contributed by atoms with Crippen molar-refractivity contribution in [2.45, 2.75) is 38.1 Å². The summed E-state index contributed by atoms with van der Waals surface area (Å²) in [5.41, 5.74) is -0.465. The minimum Gasteiger partial charge on any atom is -0.380 e. The van der Waals surface area contributed by atoms with Crippen molar-refractivity contribution in [2.24, 2.45) is 5.92 Å². The summed E-state index contributed by atoms with van der Waals surface area (Å²) in [7, 11) is -1.51. The van der Waals surface area contributed by atoms with Gasteiger partial charge in [0.1, 0.15) is 0 Å². The van der Waals surface area contributed by atoms with Gasteiger partial charge in [0.2, 0.25) is 0 Å². The summed E-state index contributed by atoms with van der Waals surface area (Å²) in [6.45, 7) is 5.20. The molecule has 2 rings (SSSR count). The van der Waals surface area contributed by atoms with E-state index in [2.05, 4.69) is 10.0 Å². The van der Waals surface area contributed by atoms with Gasteiger partial charge in [-0.15, -0.1) is 0 Å². The highest BCUT2D eigenvalue weighted by molar-refractivity contribution is 7.87. The first-order chi connectivity index (χ1) is 9.45. The molecule has 0 aromatic rings. The maximum Gasteiger partial charge on any atom is 0.280 e. The Morgan fingerprint density at radius 1 is 1.40 bits per heavy atom. The van der Waals surface area contributed by atoms with Crippen LogP contribution in [0.4, 0.5) is 0 Å². The third-order valence-corrected chi connectivity index (χ3v) is 5.89. The molecule has 2 aliphatic rings. The van der Waals surface area contributed by atoms with E-state index in [9.17, 15) is 8.42 Å². The average Bonchev–Trinajstić information content (AvgIpc) is 2.39. The Morgan fingerprint density at radius 2 is 2.20 bits per heavy atom. The Hall–Kier alpha value is -0.210. The molecule has 0 aromatic carbocycles. The highest BCUT2D eigenvalue weighted by Gasteiger charge is 2.36. The lowest BCUT2D eigenvalue weighted by atomic mass is 9.97. The van der Waals surface area contributed by atoms with Gasteiger partial charge >= 0.3 is 0 Å². The van der Waals surface area contributed by atoms with Gasteiger partial charge in [-0.3, -0.25) is 0 Å². The lowest BCUT2D eigenvalue weighted by Gasteiger charge is -2.38. The van der Waals surface area contributed by atoms with Crippen molar-refractivity contribution < 1.29 is 13.2 Å². The van der Waals surface area contributed by atoms with E-state index in [0.29, 0.717) is 25.6 Å². The molecule has 0 aromatic heterocycles. The molecule has 2 fully saturated rings. The monoisotopic (exact) mass is 305 g/mol. The SMILES string of the molecule is CNCC1CCCN(S(=O)(=O)NC2(C)CCCOC2)C1. The predicted molar refractivity (Wildman–Crippen MR) is 78.7 cm³/mol. The van der Waals surface area contributed by atoms with Gasteiger partial charge in [-0.05, 0) is 52.1 Å². The topological polar surface area (TPSA) is 70.7 Å². The Bertz CT molecular complexity index is 405. The summed E-state index contributed by atoms with van der Waals surface area (Å²) >= 11 is 0. The molecule has 2 aliphatic heterocycles. The van der Waals surface area contributed by atoms with Gasteiger partial charge < -0.3 is 10.1 Å². The fraction of sp³-hybridized carbons (Fsp3) is 1.00. The molecule has 0 spiro atoms. The van der Waals surface area contributed by atoms with Crippen LogP contribution in [-0.2, 0) is 14.9 Å². The molecule has 7 heteroatoms. The number of piperidine rings is 1. The molecule has 2 N–H and O–H groups in total. The maximum absolute atomic E-state index is 12.5. The summed E-state index contributed by atoms with van der Waals surface area (Å²) in [5.74, 6) is 0.403. The van der Waals surface area contributed by atoms with E-state index in [4.69, 9.17) is 4.74 Å². The van der Waals surface area contributed by atoms with Crippen molar-refractivity contribution in [3.8, 4) is 0 Å². The fourth-order valence-corrected chi connectivity index (χ4v) is 4.78. The molecular formula is C13H27N3O3S. The number of ether oxygens (including phenoxy) is 1. The maximum atomic E-state index is 12.5. The third-order valence-electron chi connectivity index (χ3n) is 4.13. The molecule has 2 heterocycles. The second-order valence-corrected chi connectivity index (χ2v) is 7.92. The molecule has 2 saturated heterocycles. The van der Waals surface area contributed by atoms with Gasteiger partial charge in [0.15, 0.2) is 0 Å². The number of rotatable bonds is 5. The first-order valence-electron chi connectivity index (χ1n) is 7.47. The fourth-order valence-electron chi connectivity index (χ4n) is 3.09. The number of hydrogen-bond donors (Lipinski definition) is 2. The van der Waals surface area contributed by atoms with Crippen molar-refractivity contribution >= 4 is 10.2 Å². The van der Waals surface area contributed by atoms with Crippen LogP contribution in [0.15, 0.2) is 0 Å². The molecule has 20 heavy (non-hydrogen) atoms. The van der Waals surface area contributed by atoms with E-state index in [-0.39, 0.29) is 0 Å². The number of hydrogen-bond acceptors (Lipinski definition) is 4. The number of nitrogens with one attached hydrogen (secondary N) is 2. The van der Waals surface area contributed by atoms with Crippen LogP contribution < -0.4 is 10.0 Å². The molecular weight excluding hydrogens is 278 g/mol. The normalized spacial score (nSPS) is 33.2. The molecule has 0 radical (unpaired) electrons. The molecule has 118 valence electrons. The highest BCUT2D eigenvalue weighted by atomic mass is 32.2. The summed E-state index contributed by atoms with van der Waals surface area (Å²) in [5, 5.41) is 3.14. The van der Waals surface area contributed by atoms with Crippen molar-refractivity contribution in [3.63, 3.8) is 0 Å². The Kier molecular flexibility index (Phi) is 5.42. The Balaban J connectivity index is 1.98. The van der Waals surface area contributed by atoms with Gasteiger partial charge in [0.05, 0.1) is 12.1 Å². The van der Waals surface area contributed by atoms with Crippen LogP contribution in [0.1, 0.15) is 32.6 Å². The van der Waals surface area contributed by atoms with E-state index in [1.54, 1.807) is 4.31 Å². The van der Waals surface area contributed by atoms with E-state index in [1.165, 1.54) is 0 Å². The lowest BCUT2D eigenvalue weighted by molar-refractivity contribution is 0.0377. The van der Waals surface area contributed by atoms with Crippen LogP contribution in [0.25, 0.3) is 0 Å². The van der Waals surface area contributed by atoms with Crippen molar-refractivity contribution in [2.75, 3.05) is 39.9 Å². The van der Waals surface area contributed by atoms with Crippen molar-refractivity contribution in [1.29, 1.82) is 0 Å². The van der Waals surface area contributed by atoms with E-state index in [0.717, 1.165) is 38.8 Å². The molecule has 0 aliphatic carbocycles. The smallest absolute Gasteiger partial charge is 0.280 e. The van der Waals surface area contributed by atoms with Gasteiger partial charge in [0, 0.05) is 19.7 Å². The molecule has 2 unspecified atom stereocenters. The average molecular weight is 305 g/mol. The van der Waals surface area contributed by atoms with Gasteiger partial charge in [-0.2, -0.15) is 17.4 Å². The molecule has 0 amide bonds. The minimum absolute atomic E-state index is 0.403. The van der Waals surface area contributed by atoms with Crippen LogP contribution in [0.3, 0.4) is 0 Å². The largest absolute Gasteiger partial charge is 0.380 e. The second-order valence-electron chi connectivity index (χ2n) is 6.25. The molecule has 0 saturated carbocycles. The van der Waals surface area contributed by atoms with Gasteiger partial charge in [-0.25, -0.2) is 0 Å². The standard InChI is InChI=1S/C13H27N3O3S/c1-13(6-4-8-19-11-13)15-20(17,18)16-7-3-5-12(10-16)9-14-2/h12,14-15H,3-11H2,1-2H3. The Labute approximate surface area is 122 Å². The van der Waals surface area contributed by atoms with E-state index >= 15 is 0 Å². The second kappa shape index (κ2) is 6.70. The lowest BCUT2D eigenvalue weighted by Crippen LogP contribution is -2.57. The summed E-state index contributed by atoms with van der Waals surface area (Å²) in [6.07, 6.45) is 3.76. The third kappa shape index (κ3) is 4.14. The summed E-state index contributed by atoms with van der Waals surface area (Å²) < 4.78 is 35.0. The minimum atomic E-state index is -3.42. The van der Waals surface area contributed by atoms with E-state index < -0.39 is 15.7 Å². The zero-order valence-electron chi connectivity index (χ0n) is 12.5. The highest BCUT2D eigenvalue weighted by Crippen LogP contribution is 2.23. The predicted octanol–water partition coefficient (Wildman–Crippen LogP) is 0.321.